The quantitative estimate of drug-likeness (QED) is 0.512. The summed E-state index contributed by atoms with van der Waals surface area (Å²) in [5.41, 5.74) is 4.95. The first-order chi connectivity index (χ1) is 14.4. The maximum atomic E-state index is 11.4. The molecule has 0 atom stereocenters. The van der Waals surface area contributed by atoms with E-state index < -0.39 is 10.0 Å². The van der Waals surface area contributed by atoms with E-state index in [0.29, 0.717) is 24.4 Å². The highest BCUT2D eigenvalue weighted by molar-refractivity contribution is 7.92. The summed E-state index contributed by atoms with van der Waals surface area (Å²) in [6.07, 6.45) is 1.12. The van der Waals surface area contributed by atoms with Crippen molar-refractivity contribution in [2.75, 3.05) is 31.2 Å². The summed E-state index contributed by atoms with van der Waals surface area (Å²) < 4.78 is 32.6. The molecule has 0 aliphatic rings. The monoisotopic (exact) mass is 426 g/mol. The molecule has 1 aromatic heterocycles. The van der Waals surface area contributed by atoms with Crippen LogP contribution in [0.3, 0.4) is 0 Å². The molecule has 0 spiro atoms. The fourth-order valence-electron chi connectivity index (χ4n) is 3.56. The maximum absolute atomic E-state index is 11.4. The fourth-order valence-corrected chi connectivity index (χ4v) is 4.13. The van der Waals surface area contributed by atoms with Gasteiger partial charge in [0, 0.05) is 37.8 Å². The molecule has 7 nitrogen and oxygen atoms in total. The molecule has 0 aliphatic heterocycles. The summed E-state index contributed by atoms with van der Waals surface area (Å²) in [7, 11) is -1.66. The van der Waals surface area contributed by atoms with Crippen LogP contribution in [0.25, 0.3) is 22.2 Å². The standard InChI is InChI=1S/C22H26N4O3S/c1-4-26-21-13-16(15-24-11-12-29-2)5-10-19(21)20(14-23)22(26)17-6-8-18(9-7-17)25-30(3,27)28/h5-10,13,24-25H,4,11-12,15H2,1-3H3. The average Bonchev–Trinajstić information content (AvgIpc) is 3.03. The van der Waals surface area contributed by atoms with Crippen molar-refractivity contribution >= 4 is 26.6 Å². The highest BCUT2D eigenvalue weighted by Crippen LogP contribution is 2.34. The number of hydrogen-bond acceptors (Lipinski definition) is 5. The van der Waals surface area contributed by atoms with Gasteiger partial charge in [0.05, 0.1) is 29.6 Å². The number of methoxy groups -OCH3 is 1. The summed E-state index contributed by atoms with van der Waals surface area (Å²) >= 11 is 0. The summed E-state index contributed by atoms with van der Waals surface area (Å²) in [5.74, 6) is 0. The Bertz CT molecular complexity index is 1180. The van der Waals surface area contributed by atoms with Crippen LogP contribution < -0.4 is 10.0 Å². The van der Waals surface area contributed by atoms with Gasteiger partial charge in [-0.1, -0.05) is 24.3 Å². The van der Waals surface area contributed by atoms with Gasteiger partial charge >= 0.3 is 0 Å². The number of aromatic nitrogens is 1. The Balaban J connectivity index is 2.02. The van der Waals surface area contributed by atoms with Gasteiger partial charge in [-0.3, -0.25) is 4.72 Å². The van der Waals surface area contributed by atoms with Crippen molar-refractivity contribution in [1.29, 1.82) is 5.26 Å². The van der Waals surface area contributed by atoms with Gasteiger partial charge in [-0.2, -0.15) is 5.26 Å². The van der Waals surface area contributed by atoms with Crippen LogP contribution in [-0.4, -0.2) is 39.5 Å². The predicted octanol–water partition coefficient (Wildman–Crippen LogP) is 3.31. The molecule has 1 heterocycles. The number of sulfonamides is 1. The van der Waals surface area contributed by atoms with Gasteiger partial charge in [-0.25, -0.2) is 8.42 Å². The van der Waals surface area contributed by atoms with Crippen molar-refractivity contribution in [3.8, 4) is 17.3 Å². The van der Waals surface area contributed by atoms with Crippen LogP contribution in [0.1, 0.15) is 18.1 Å². The van der Waals surface area contributed by atoms with Crippen LogP contribution in [0.15, 0.2) is 42.5 Å². The highest BCUT2D eigenvalue weighted by atomic mass is 32.2. The molecule has 3 rings (SSSR count). The van der Waals surface area contributed by atoms with Crippen molar-refractivity contribution < 1.29 is 13.2 Å². The molecule has 0 saturated carbocycles. The minimum Gasteiger partial charge on any atom is -0.383 e. The van der Waals surface area contributed by atoms with E-state index in [1.165, 1.54) is 0 Å². The number of anilines is 1. The highest BCUT2D eigenvalue weighted by Gasteiger charge is 2.18. The second kappa shape index (κ2) is 9.30. The number of hydrogen-bond donors (Lipinski definition) is 2. The van der Waals surface area contributed by atoms with E-state index in [4.69, 9.17) is 4.74 Å². The van der Waals surface area contributed by atoms with E-state index in [-0.39, 0.29) is 0 Å². The van der Waals surface area contributed by atoms with Crippen molar-refractivity contribution in [3.05, 3.63) is 53.6 Å². The van der Waals surface area contributed by atoms with Crippen LogP contribution in [0.5, 0.6) is 0 Å². The number of benzene rings is 2. The molecule has 2 N–H and O–H groups in total. The van der Waals surface area contributed by atoms with Crippen LogP contribution in [-0.2, 0) is 27.8 Å². The summed E-state index contributed by atoms with van der Waals surface area (Å²) in [6.45, 7) is 4.90. The van der Waals surface area contributed by atoms with Gasteiger partial charge in [-0.05, 0) is 36.2 Å². The van der Waals surface area contributed by atoms with E-state index in [2.05, 4.69) is 26.7 Å². The molecular formula is C22H26N4O3S. The molecule has 2 aromatic carbocycles. The Morgan fingerprint density at radius 3 is 2.50 bits per heavy atom. The Kier molecular flexibility index (Phi) is 6.77. The Hall–Kier alpha value is -2.86. The van der Waals surface area contributed by atoms with Crippen LogP contribution in [0.4, 0.5) is 5.69 Å². The van der Waals surface area contributed by atoms with Gasteiger partial charge in [-0.15, -0.1) is 0 Å². The van der Waals surface area contributed by atoms with Gasteiger partial charge in [0.1, 0.15) is 6.07 Å². The molecule has 0 amide bonds. The van der Waals surface area contributed by atoms with E-state index in [9.17, 15) is 13.7 Å². The van der Waals surface area contributed by atoms with Gasteiger partial charge in [0.25, 0.3) is 0 Å². The molecular weight excluding hydrogens is 400 g/mol. The van der Waals surface area contributed by atoms with E-state index in [1.54, 1.807) is 19.2 Å². The van der Waals surface area contributed by atoms with Crippen LogP contribution in [0.2, 0.25) is 0 Å². The summed E-state index contributed by atoms with van der Waals surface area (Å²) in [5, 5.41) is 14.1. The molecule has 8 heteroatoms. The van der Waals surface area contributed by atoms with E-state index >= 15 is 0 Å². The van der Waals surface area contributed by atoms with Crippen molar-refractivity contribution in [2.24, 2.45) is 0 Å². The first-order valence-electron chi connectivity index (χ1n) is 9.71. The Morgan fingerprint density at radius 2 is 1.90 bits per heavy atom. The third-order valence-corrected chi connectivity index (χ3v) is 5.44. The average molecular weight is 427 g/mol. The van der Waals surface area contributed by atoms with Gasteiger partial charge in [0.15, 0.2) is 0 Å². The van der Waals surface area contributed by atoms with Gasteiger partial charge < -0.3 is 14.6 Å². The SMILES string of the molecule is CCn1c(-c2ccc(NS(C)(=O)=O)cc2)c(C#N)c2ccc(CNCCOC)cc21. The molecule has 3 aromatic rings. The lowest BCUT2D eigenvalue weighted by molar-refractivity contribution is 0.199. The zero-order valence-electron chi connectivity index (χ0n) is 17.4. The first kappa shape index (κ1) is 21.8. The van der Waals surface area contributed by atoms with Gasteiger partial charge in [0.2, 0.25) is 10.0 Å². The van der Waals surface area contributed by atoms with Crippen LogP contribution >= 0.6 is 0 Å². The second-order valence-electron chi connectivity index (χ2n) is 7.05. The molecule has 158 valence electrons. The lowest BCUT2D eigenvalue weighted by Crippen LogP contribution is -2.18. The fraction of sp³-hybridized carbons (Fsp3) is 0.318. The topological polar surface area (TPSA) is 96.2 Å². The summed E-state index contributed by atoms with van der Waals surface area (Å²) in [6, 6.07) is 15.6. The number of nitriles is 1. The number of fused-ring (bicyclic) bond motifs is 1. The molecule has 0 fully saturated rings. The molecule has 0 radical (unpaired) electrons. The first-order valence-corrected chi connectivity index (χ1v) is 11.6. The van der Waals surface area contributed by atoms with Crippen molar-refractivity contribution in [3.63, 3.8) is 0 Å². The number of nitrogens with one attached hydrogen (secondary N) is 2. The van der Waals surface area contributed by atoms with E-state index in [0.717, 1.165) is 47.1 Å². The van der Waals surface area contributed by atoms with Crippen molar-refractivity contribution in [2.45, 2.75) is 20.0 Å². The smallest absolute Gasteiger partial charge is 0.229 e. The zero-order valence-corrected chi connectivity index (χ0v) is 18.2. The summed E-state index contributed by atoms with van der Waals surface area (Å²) in [4.78, 5) is 0. The largest absolute Gasteiger partial charge is 0.383 e. The van der Waals surface area contributed by atoms with Crippen LogP contribution in [0, 0.1) is 11.3 Å². The normalized spacial score (nSPS) is 11.5. The number of ether oxygens (including phenoxy) is 1. The molecule has 30 heavy (non-hydrogen) atoms. The van der Waals surface area contributed by atoms with Crippen molar-refractivity contribution in [1.82, 2.24) is 9.88 Å². The third-order valence-electron chi connectivity index (χ3n) is 4.83. The number of aryl methyl sites for hydroxylation is 1. The second-order valence-corrected chi connectivity index (χ2v) is 8.80. The molecule has 0 saturated heterocycles. The lowest BCUT2D eigenvalue weighted by atomic mass is 10.0. The predicted molar refractivity (Wildman–Crippen MR) is 120 cm³/mol. The molecule has 0 aliphatic carbocycles. The Labute approximate surface area is 177 Å². The maximum Gasteiger partial charge on any atom is 0.229 e. The van der Waals surface area contributed by atoms with E-state index in [1.807, 2.05) is 31.2 Å². The minimum absolute atomic E-state index is 0.489. The Morgan fingerprint density at radius 1 is 1.17 bits per heavy atom. The number of nitrogens with zero attached hydrogens (tertiary/aromatic N) is 2. The zero-order chi connectivity index (χ0) is 21.7. The lowest BCUT2D eigenvalue weighted by Gasteiger charge is -2.11. The molecule has 0 unspecified atom stereocenters. The minimum atomic E-state index is -3.34. The third kappa shape index (κ3) is 4.82. The molecule has 0 bridgehead atoms. The number of rotatable bonds is 9.